The molecule has 0 aliphatic rings. The van der Waals surface area contributed by atoms with E-state index in [1.54, 1.807) is 44.5 Å². The maximum absolute atomic E-state index is 12.4. The summed E-state index contributed by atoms with van der Waals surface area (Å²) >= 11 is 0. The Kier molecular flexibility index (Phi) is 11.2. The number of aliphatic imine (C=N–C) groups is 1. The molecule has 0 saturated heterocycles. The quantitative estimate of drug-likeness (QED) is 0.270. The Morgan fingerprint density at radius 3 is 2.48 bits per heavy atom. The van der Waals surface area contributed by atoms with E-state index in [1.165, 1.54) is 0 Å². The van der Waals surface area contributed by atoms with Crippen LogP contribution in [0.25, 0.3) is 0 Å². The molecule has 1 atom stereocenters. The van der Waals surface area contributed by atoms with Crippen LogP contribution < -0.4 is 10.6 Å². The third-order valence-corrected chi connectivity index (χ3v) is 5.01. The van der Waals surface area contributed by atoms with Crippen molar-refractivity contribution in [1.29, 1.82) is 0 Å². The van der Waals surface area contributed by atoms with Gasteiger partial charge < -0.3 is 15.4 Å². The number of nitrogens with one attached hydrogen (secondary N) is 2. The van der Waals surface area contributed by atoms with E-state index >= 15 is 0 Å². The Labute approximate surface area is 156 Å². The van der Waals surface area contributed by atoms with Crippen molar-refractivity contribution in [1.82, 2.24) is 10.6 Å². The van der Waals surface area contributed by atoms with Crippen LogP contribution in [-0.4, -0.2) is 53.5 Å². The molecule has 0 saturated carbocycles. The average Bonchev–Trinajstić information content (AvgIpc) is 2.53. The highest BCUT2D eigenvalue weighted by Crippen LogP contribution is 2.12. The lowest BCUT2D eigenvalue weighted by Gasteiger charge is -2.20. The van der Waals surface area contributed by atoms with Gasteiger partial charge in [0.15, 0.2) is 15.8 Å². The molecule has 0 aliphatic heterocycles. The molecular formula is C15H26IN3O3S. The number of guanidine groups is 1. The van der Waals surface area contributed by atoms with Gasteiger partial charge in [0.2, 0.25) is 0 Å². The van der Waals surface area contributed by atoms with Crippen LogP contribution in [0.2, 0.25) is 0 Å². The number of ether oxygens (including phenoxy) is 1. The predicted octanol–water partition coefficient (Wildman–Crippen LogP) is 1.67. The molecule has 6 nitrogen and oxygen atoms in total. The van der Waals surface area contributed by atoms with Crippen LogP contribution in [0.1, 0.15) is 13.3 Å². The predicted molar refractivity (Wildman–Crippen MR) is 104 cm³/mol. The van der Waals surface area contributed by atoms with E-state index in [9.17, 15) is 8.42 Å². The summed E-state index contributed by atoms with van der Waals surface area (Å²) in [6.07, 6.45) is 0.678. The molecular weight excluding hydrogens is 429 g/mol. The Bertz CT molecular complexity index is 565. The van der Waals surface area contributed by atoms with E-state index in [4.69, 9.17) is 4.74 Å². The number of sulfone groups is 1. The SMILES string of the molecule is CCC(CS(=O)(=O)c1ccccc1)NC(=NC)NCCOC.I. The summed E-state index contributed by atoms with van der Waals surface area (Å²) in [4.78, 5) is 4.44. The minimum Gasteiger partial charge on any atom is -0.383 e. The molecule has 1 unspecified atom stereocenters. The lowest BCUT2D eigenvalue weighted by atomic mass is 10.3. The molecule has 0 aliphatic carbocycles. The van der Waals surface area contributed by atoms with Gasteiger partial charge in [-0.05, 0) is 18.6 Å². The maximum atomic E-state index is 12.4. The highest BCUT2D eigenvalue weighted by Gasteiger charge is 2.20. The Morgan fingerprint density at radius 2 is 1.96 bits per heavy atom. The van der Waals surface area contributed by atoms with Crippen LogP contribution >= 0.6 is 24.0 Å². The molecule has 23 heavy (non-hydrogen) atoms. The molecule has 0 radical (unpaired) electrons. The van der Waals surface area contributed by atoms with Crippen LogP contribution in [0, 0.1) is 0 Å². The topological polar surface area (TPSA) is 79.8 Å². The van der Waals surface area contributed by atoms with Gasteiger partial charge in [-0.1, -0.05) is 25.1 Å². The van der Waals surface area contributed by atoms with E-state index in [0.29, 0.717) is 30.4 Å². The number of benzene rings is 1. The van der Waals surface area contributed by atoms with E-state index in [0.717, 1.165) is 0 Å². The second kappa shape index (κ2) is 11.6. The summed E-state index contributed by atoms with van der Waals surface area (Å²) in [5, 5.41) is 6.22. The standard InChI is InChI=1S/C15H25N3O3S.HI/c1-4-13(18-15(16-2)17-10-11-21-3)12-22(19,20)14-8-6-5-7-9-14;/h5-9,13H,4,10-12H2,1-3H3,(H2,16,17,18);1H. The lowest BCUT2D eigenvalue weighted by Crippen LogP contribution is -2.46. The number of hydrogen-bond donors (Lipinski definition) is 2. The molecule has 8 heteroatoms. The molecule has 0 bridgehead atoms. The molecule has 0 heterocycles. The molecule has 1 aromatic rings. The zero-order valence-electron chi connectivity index (χ0n) is 13.8. The van der Waals surface area contributed by atoms with Gasteiger partial charge in [-0.25, -0.2) is 8.42 Å². The molecule has 0 amide bonds. The lowest BCUT2D eigenvalue weighted by molar-refractivity contribution is 0.203. The van der Waals surface area contributed by atoms with Crippen LogP contribution in [0.3, 0.4) is 0 Å². The number of nitrogens with zero attached hydrogens (tertiary/aromatic N) is 1. The van der Waals surface area contributed by atoms with Gasteiger partial charge in [-0.15, -0.1) is 24.0 Å². The van der Waals surface area contributed by atoms with Gasteiger partial charge in [0, 0.05) is 26.7 Å². The Balaban J connectivity index is 0.00000484. The van der Waals surface area contributed by atoms with Gasteiger partial charge in [0.1, 0.15) is 0 Å². The first-order chi connectivity index (χ1) is 10.5. The number of rotatable bonds is 8. The summed E-state index contributed by atoms with van der Waals surface area (Å²) in [6, 6.07) is 8.29. The first-order valence-corrected chi connectivity index (χ1v) is 8.92. The molecule has 0 aromatic heterocycles. The Morgan fingerprint density at radius 1 is 1.30 bits per heavy atom. The minimum absolute atomic E-state index is 0. The summed E-state index contributed by atoms with van der Waals surface area (Å²) < 4.78 is 29.8. The third-order valence-electron chi connectivity index (χ3n) is 3.18. The van der Waals surface area contributed by atoms with E-state index < -0.39 is 9.84 Å². The molecule has 1 aromatic carbocycles. The normalized spacial score (nSPS) is 13.1. The molecule has 0 fully saturated rings. The van der Waals surface area contributed by atoms with Crippen molar-refractivity contribution in [2.45, 2.75) is 24.3 Å². The number of halogens is 1. The number of hydrogen-bond acceptors (Lipinski definition) is 4. The van der Waals surface area contributed by atoms with Gasteiger partial charge in [-0.3, -0.25) is 4.99 Å². The minimum atomic E-state index is -3.32. The fourth-order valence-electron chi connectivity index (χ4n) is 1.91. The molecule has 2 N–H and O–H groups in total. The maximum Gasteiger partial charge on any atom is 0.191 e. The smallest absolute Gasteiger partial charge is 0.191 e. The van der Waals surface area contributed by atoms with Gasteiger partial charge in [0.25, 0.3) is 0 Å². The van der Waals surface area contributed by atoms with Crippen LogP contribution in [0.5, 0.6) is 0 Å². The summed E-state index contributed by atoms with van der Waals surface area (Å²) in [5.41, 5.74) is 0. The summed E-state index contributed by atoms with van der Waals surface area (Å²) in [6.45, 7) is 3.11. The monoisotopic (exact) mass is 455 g/mol. The fraction of sp³-hybridized carbons (Fsp3) is 0.533. The Hall–Kier alpha value is -0.870. The van der Waals surface area contributed by atoms with Gasteiger partial charge in [-0.2, -0.15) is 0 Å². The van der Waals surface area contributed by atoms with Crippen LogP contribution in [0.4, 0.5) is 0 Å². The highest BCUT2D eigenvalue weighted by atomic mass is 127. The molecule has 1 rings (SSSR count). The fourth-order valence-corrected chi connectivity index (χ4v) is 3.52. The first kappa shape index (κ1) is 22.1. The van der Waals surface area contributed by atoms with Crippen molar-refractivity contribution >= 4 is 39.8 Å². The molecule has 0 spiro atoms. The van der Waals surface area contributed by atoms with Crippen molar-refractivity contribution < 1.29 is 13.2 Å². The second-order valence-corrected chi connectivity index (χ2v) is 6.87. The van der Waals surface area contributed by atoms with E-state index in [2.05, 4.69) is 15.6 Å². The van der Waals surface area contributed by atoms with Crippen molar-refractivity contribution in [3.8, 4) is 0 Å². The summed E-state index contributed by atoms with van der Waals surface area (Å²) in [7, 11) is -0.0431. The zero-order valence-corrected chi connectivity index (χ0v) is 16.9. The van der Waals surface area contributed by atoms with Crippen LogP contribution in [0.15, 0.2) is 40.2 Å². The molecule has 132 valence electrons. The van der Waals surface area contributed by atoms with Gasteiger partial charge in [0.05, 0.1) is 17.3 Å². The third kappa shape index (κ3) is 7.98. The van der Waals surface area contributed by atoms with Crippen LogP contribution in [-0.2, 0) is 14.6 Å². The van der Waals surface area contributed by atoms with Crippen molar-refractivity contribution in [3.63, 3.8) is 0 Å². The van der Waals surface area contributed by atoms with Crippen molar-refractivity contribution in [2.75, 3.05) is 33.1 Å². The zero-order chi connectivity index (χ0) is 16.4. The van der Waals surface area contributed by atoms with E-state index in [1.807, 2.05) is 6.92 Å². The average molecular weight is 455 g/mol. The number of methoxy groups -OCH3 is 1. The highest BCUT2D eigenvalue weighted by molar-refractivity contribution is 14.0. The van der Waals surface area contributed by atoms with Crippen molar-refractivity contribution in [3.05, 3.63) is 30.3 Å². The van der Waals surface area contributed by atoms with E-state index in [-0.39, 0.29) is 35.8 Å². The van der Waals surface area contributed by atoms with Crippen molar-refractivity contribution in [2.24, 2.45) is 4.99 Å². The summed E-state index contributed by atoms with van der Waals surface area (Å²) in [5.74, 6) is 0.602. The van der Waals surface area contributed by atoms with Gasteiger partial charge >= 0.3 is 0 Å². The second-order valence-electron chi connectivity index (χ2n) is 4.84. The first-order valence-electron chi connectivity index (χ1n) is 7.27. The largest absolute Gasteiger partial charge is 0.383 e.